The lowest BCUT2D eigenvalue weighted by Gasteiger charge is -2.30. The van der Waals surface area contributed by atoms with Gasteiger partial charge in [-0.15, -0.1) is 0 Å². The van der Waals surface area contributed by atoms with Crippen molar-refractivity contribution < 1.29 is 14.3 Å². The van der Waals surface area contributed by atoms with Crippen LogP contribution in [0.2, 0.25) is 5.02 Å². The fourth-order valence-electron chi connectivity index (χ4n) is 2.92. The van der Waals surface area contributed by atoms with Gasteiger partial charge in [-0.3, -0.25) is 4.79 Å². The molecule has 2 heterocycles. The molecule has 0 spiro atoms. The quantitative estimate of drug-likeness (QED) is 0.904. The number of hydrogen-bond donors (Lipinski definition) is 1. The molecule has 1 amide bonds. The average Bonchev–Trinajstić information content (AvgIpc) is 2.71. The summed E-state index contributed by atoms with van der Waals surface area (Å²) in [5.74, 6) is 0.623. The number of nitrogens with zero attached hydrogens (tertiary/aromatic N) is 1. The van der Waals surface area contributed by atoms with Gasteiger partial charge in [0.25, 0.3) is 5.91 Å². The minimum absolute atomic E-state index is 0.0654. The van der Waals surface area contributed by atoms with Crippen LogP contribution in [-0.4, -0.2) is 50.3 Å². The van der Waals surface area contributed by atoms with Gasteiger partial charge in [0, 0.05) is 18.7 Å². The first-order valence-electron chi connectivity index (χ1n) is 7.67. The summed E-state index contributed by atoms with van der Waals surface area (Å²) in [7, 11) is 2.00. The molecule has 0 aromatic heterocycles. The van der Waals surface area contributed by atoms with Crippen LogP contribution in [0.25, 0.3) is 0 Å². The maximum absolute atomic E-state index is 12.5. The Bertz CT molecular complexity index is 552. The maximum Gasteiger partial charge on any atom is 0.250 e. The van der Waals surface area contributed by atoms with Crippen molar-refractivity contribution in [3.63, 3.8) is 0 Å². The number of hydrogen-bond acceptors (Lipinski definition) is 4. The normalized spacial score (nSPS) is 25.7. The molecule has 6 heteroatoms. The van der Waals surface area contributed by atoms with Crippen LogP contribution in [-0.2, 0) is 9.53 Å². The van der Waals surface area contributed by atoms with E-state index < -0.39 is 6.10 Å². The highest BCUT2D eigenvalue weighted by Crippen LogP contribution is 2.36. The Morgan fingerprint density at radius 3 is 3.09 bits per heavy atom. The summed E-state index contributed by atoms with van der Waals surface area (Å²) in [6.45, 7) is 2.69. The minimum atomic E-state index is -0.412. The van der Waals surface area contributed by atoms with Crippen molar-refractivity contribution in [1.29, 1.82) is 0 Å². The van der Waals surface area contributed by atoms with Crippen LogP contribution < -0.4 is 10.1 Å². The van der Waals surface area contributed by atoms with Gasteiger partial charge in [-0.25, -0.2) is 0 Å². The van der Waals surface area contributed by atoms with Crippen LogP contribution >= 0.6 is 11.6 Å². The zero-order chi connectivity index (χ0) is 15.5. The second-order valence-corrected chi connectivity index (χ2v) is 6.24. The van der Waals surface area contributed by atoms with Crippen molar-refractivity contribution in [3.8, 4) is 5.75 Å². The lowest BCUT2D eigenvalue weighted by molar-refractivity contribution is -0.138. The smallest absolute Gasteiger partial charge is 0.250 e. The zero-order valence-corrected chi connectivity index (χ0v) is 13.4. The number of nitrogens with one attached hydrogen (secondary N) is 1. The molecule has 3 rings (SSSR count). The fourth-order valence-corrected chi connectivity index (χ4v) is 3.16. The van der Waals surface area contributed by atoms with Crippen LogP contribution in [0.5, 0.6) is 5.75 Å². The Kier molecular flexibility index (Phi) is 4.86. The summed E-state index contributed by atoms with van der Waals surface area (Å²) in [6.07, 6.45) is 1.30. The Hall–Kier alpha value is -1.30. The van der Waals surface area contributed by atoms with Crippen LogP contribution in [0.1, 0.15) is 24.4 Å². The van der Waals surface area contributed by atoms with Crippen LogP contribution in [0.3, 0.4) is 0 Å². The molecule has 1 N–H and O–H groups in total. The van der Waals surface area contributed by atoms with E-state index in [0.29, 0.717) is 30.5 Å². The Balaban J connectivity index is 1.75. The summed E-state index contributed by atoms with van der Waals surface area (Å²) in [5, 5.41) is 3.69. The molecule has 2 aliphatic rings. The zero-order valence-electron chi connectivity index (χ0n) is 12.7. The maximum atomic E-state index is 12.5. The van der Waals surface area contributed by atoms with Gasteiger partial charge < -0.3 is 19.7 Å². The third-order valence-electron chi connectivity index (χ3n) is 4.13. The minimum Gasteiger partial charge on any atom is -0.492 e. The number of rotatable bonds is 2. The van der Waals surface area contributed by atoms with Crippen molar-refractivity contribution in [3.05, 3.63) is 28.8 Å². The number of para-hydroxylation sites is 1. The number of morpholine rings is 1. The van der Waals surface area contributed by atoms with E-state index in [1.165, 1.54) is 0 Å². The summed E-state index contributed by atoms with van der Waals surface area (Å²) in [4.78, 5) is 14.6. The molecular formula is C16H21ClN2O3. The van der Waals surface area contributed by atoms with Crippen molar-refractivity contribution in [1.82, 2.24) is 10.2 Å². The number of fused-ring (bicyclic) bond motifs is 1. The predicted molar refractivity (Wildman–Crippen MR) is 84.3 cm³/mol. The molecule has 0 aliphatic carbocycles. The number of carbonyl (C=O) groups is 1. The van der Waals surface area contributed by atoms with Gasteiger partial charge >= 0.3 is 0 Å². The fraction of sp³-hybridized carbons (Fsp3) is 0.562. The van der Waals surface area contributed by atoms with Crippen molar-refractivity contribution in [2.75, 3.05) is 33.4 Å². The molecule has 120 valence electrons. The van der Waals surface area contributed by atoms with Gasteiger partial charge in [-0.2, -0.15) is 0 Å². The van der Waals surface area contributed by atoms with E-state index in [4.69, 9.17) is 21.1 Å². The van der Waals surface area contributed by atoms with Crippen molar-refractivity contribution in [2.24, 2.45) is 0 Å². The van der Waals surface area contributed by atoms with E-state index in [9.17, 15) is 4.79 Å². The van der Waals surface area contributed by atoms with E-state index in [0.717, 1.165) is 24.9 Å². The molecule has 0 saturated carbocycles. The van der Waals surface area contributed by atoms with Crippen LogP contribution in [0.4, 0.5) is 0 Å². The Morgan fingerprint density at radius 1 is 1.41 bits per heavy atom. The topological polar surface area (TPSA) is 50.8 Å². The first-order chi connectivity index (χ1) is 10.6. The molecule has 0 radical (unpaired) electrons. The van der Waals surface area contributed by atoms with Crippen molar-refractivity contribution >= 4 is 17.5 Å². The molecule has 5 nitrogen and oxygen atoms in total. The van der Waals surface area contributed by atoms with Crippen LogP contribution in [0, 0.1) is 0 Å². The molecule has 2 unspecified atom stereocenters. The number of halogens is 1. The number of amides is 1. The number of benzene rings is 1. The summed E-state index contributed by atoms with van der Waals surface area (Å²) < 4.78 is 11.3. The molecule has 1 saturated heterocycles. The monoisotopic (exact) mass is 324 g/mol. The highest BCUT2D eigenvalue weighted by Gasteiger charge is 2.29. The molecule has 1 aromatic rings. The van der Waals surface area contributed by atoms with Gasteiger partial charge in [-0.1, -0.05) is 23.7 Å². The SMILES string of the molecule is CN1CCOC(C(=O)NC2CCCOc3c(Cl)cccc32)C1. The first kappa shape index (κ1) is 15.6. The first-order valence-corrected chi connectivity index (χ1v) is 8.04. The standard InChI is InChI=1S/C16H21ClN2O3/c1-19-7-9-21-14(10-19)16(20)18-13-6-3-8-22-15-11(13)4-2-5-12(15)17/h2,4-5,13-14H,3,6-10H2,1H3,(H,18,20). The number of carbonyl (C=O) groups excluding carboxylic acids is 1. The van der Waals surface area contributed by atoms with E-state index in [2.05, 4.69) is 10.2 Å². The van der Waals surface area contributed by atoms with Gasteiger partial charge in [0.05, 0.1) is 24.3 Å². The van der Waals surface area contributed by atoms with Crippen molar-refractivity contribution in [2.45, 2.75) is 25.0 Å². The van der Waals surface area contributed by atoms with Gasteiger partial charge in [0.2, 0.25) is 0 Å². The van der Waals surface area contributed by atoms with E-state index in [1.807, 2.05) is 25.2 Å². The molecule has 2 aliphatic heterocycles. The van der Waals surface area contributed by atoms with E-state index in [1.54, 1.807) is 0 Å². The summed E-state index contributed by atoms with van der Waals surface area (Å²) >= 11 is 6.22. The predicted octanol–water partition coefficient (Wildman–Crippen LogP) is 2.00. The molecule has 2 atom stereocenters. The second kappa shape index (κ2) is 6.86. The Morgan fingerprint density at radius 2 is 2.27 bits per heavy atom. The second-order valence-electron chi connectivity index (χ2n) is 5.83. The lowest BCUT2D eigenvalue weighted by Crippen LogP contribution is -2.49. The molecule has 22 heavy (non-hydrogen) atoms. The highest BCUT2D eigenvalue weighted by atomic mass is 35.5. The van der Waals surface area contributed by atoms with E-state index in [-0.39, 0.29) is 11.9 Å². The molecular weight excluding hydrogens is 304 g/mol. The van der Waals surface area contributed by atoms with Crippen LogP contribution in [0.15, 0.2) is 18.2 Å². The van der Waals surface area contributed by atoms with Gasteiger partial charge in [-0.05, 0) is 26.0 Å². The largest absolute Gasteiger partial charge is 0.492 e. The average molecular weight is 325 g/mol. The van der Waals surface area contributed by atoms with Gasteiger partial charge in [0.1, 0.15) is 11.9 Å². The van der Waals surface area contributed by atoms with Gasteiger partial charge in [0.15, 0.2) is 0 Å². The number of likely N-dealkylation sites (N-methyl/N-ethyl adjacent to an activating group) is 1. The summed E-state index contributed by atoms with van der Waals surface area (Å²) in [5.41, 5.74) is 0.947. The summed E-state index contributed by atoms with van der Waals surface area (Å²) in [6, 6.07) is 5.58. The molecule has 1 fully saturated rings. The highest BCUT2D eigenvalue weighted by molar-refractivity contribution is 6.32. The van der Waals surface area contributed by atoms with E-state index >= 15 is 0 Å². The Labute approximate surface area is 135 Å². The lowest BCUT2D eigenvalue weighted by atomic mass is 10.0. The molecule has 1 aromatic carbocycles. The number of ether oxygens (including phenoxy) is 2. The molecule has 0 bridgehead atoms. The third kappa shape index (κ3) is 3.37. The third-order valence-corrected chi connectivity index (χ3v) is 4.43.